The number of carbonyl (C=O) groups excluding carboxylic acids is 1. The molecule has 0 fully saturated rings. The van der Waals surface area contributed by atoms with Gasteiger partial charge >= 0.3 is 5.97 Å². The topological polar surface area (TPSA) is 99.5 Å². The zero-order valence-corrected chi connectivity index (χ0v) is 14.8. The molecule has 0 heterocycles. The number of nitrogens with zero attached hydrogens (tertiary/aromatic N) is 2. The van der Waals surface area contributed by atoms with Crippen LogP contribution in [0.25, 0.3) is 0 Å². The SMILES string of the molecule is CCOC(=O)[C@@H](CNS(=O)(=O)N(C)CCC#N)Cc1ccccc1. The third kappa shape index (κ3) is 6.66. The lowest BCUT2D eigenvalue weighted by atomic mass is 10.00. The molecule has 1 aromatic rings. The molecule has 8 heteroatoms. The summed E-state index contributed by atoms with van der Waals surface area (Å²) in [6.07, 6.45) is 0.479. The summed E-state index contributed by atoms with van der Waals surface area (Å²) in [7, 11) is -2.36. The second-order valence-electron chi connectivity index (χ2n) is 5.22. The van der Waals surface area contributed by atoms with Crippen molar-refractivity contribution in [3.05, 3.63) is 35.9 Å². The third-order valence-corrected chi connectivity index (χ3v) is 4.94. The molecule has 0 amide bonds. The minimum absolute atomic E-state index is 0.0625. The fourth-order valence-corrected chi connectivity index (χ4v) is 3.01. The number of benzene rings is 1. The van der Waals surface area contributed by atoms with Gasteiger partial charge in [-0.3, -0.25) is 4.79 Å². The summed E-state index contributed by atoms with van der Waals surface area (Å²) in [5.74, 6) is -1.06. The van der Waals surface area contributed by atoms with Crippen LogP contribution in [0.1, 0.15) is 18.9 Å². The highest BCUT2D eigenvalue weighted by molar-refractivity contribution is 7.87. The van der Waals surface area contributed by atoms with Crippen molar-refractivity contribution in [3.8, 4) is 6.07 Å². The number of carbonyl (C=O) groups is 1. The number of hydrogen-bond acceptors (Lipinski definition) is 5. The van der Waals surface area contributed by atoms with Gasteiger partial charge in [0, 0.05) is 26.6 Å². The molecule has 1 atom stereocenters. The van der Waals surface area contributed by atoms with Gasteiger partial charge < -0.3 is 4.74 Å². The van der Waals surface area contributed by atoms with Crippen LogP contribution in [0, 0.1) is 17.2 Å². The fourth-order valence-electron chi connectivity index (χ4n) is 2.04. The van der Waals surface area contributed by atoms with Gasteiger partial charge in [-0.2, -0.15) is 18.0 Å². The van der Waals surface area contributed by atoms with Crippen LogP contribution in [0.3, 0.4) is 0 Å². The monoisotopic (exact) mass is 353 g/mol. The van der Waals surface area contributed by atoms with E-state index in [1.54, 1.807) is 6.92 Å². The minimum atomic E-state index is -3.74. The van der Waals surface area contributed by atoms with Crippen LogP contribution in [-0.4, -0.2) is 45.4 Å². The second-order valence-corrected chi connectivity index (χ2v) is 7.08. The van der Waals surface area contributed by atoms with Gasteiger partial charge in [-0.25, -0.2) is 4.72 Å². The van der Waals surface area contributed by atoms with E-state index in [0.717, 1.165) is 9.87 Å². The summed E-state index contributed by atoms with van der Waals surface area (Å²) in [6.45, 7) is 1.97. The molecule has 0 aliphatic rings. The summed E-state index contributed by atoms with van der Waals surface area (Å²) in [6, 6.07) is 11.2. The quantitative estimate of drug-likeness (QED) is 0.635. The van der Waals surface area contributed by atoms with Crippen molar-refractivity contribution < 1.29 is 17.9 Å². The van der Waals surface area contributed by atoms with E-state index in [0.29, 0.717) is 6.42 Å². The van der Waals surface area contributed by atoms with Crippen LogP contribution < -0.4 is 4.72 Å². The Bertz CT molecular complexity index is 656. The summed E-state index contributed by atoms with van der Waals surface area (Å²) in [5, 5.41) is 8.54. The molecular formula is C16H23N3O4S. The maximum atomic E-state index is 12.1. The van der Waals surface area contributed by atoms with Crippen LogP contribution >= 0.6 is 0 Å². The predicted octanol–water partition coefficient (Wildman–Crippen LogP) is 1.09. The number of rotatable bonds is 10. The van der Waals surface area contributed by atoms with Gasteiger partial charge in [0.2, 0.25) is 0 Å². The van der Waals surface area contributed by atoms with Crippen molar-refractivity contribution in [2.75, 3.05) is 26.7 Å². The Morgan fingerprint density at radius 3 is 2.62 bits per heavy atom. The standard InChI is InChI=1S/C16H23N3O4S/c1-3-23-16(20)15(12-14-8-5-4-6-9-14)13-18-24(21,22)19(2)11-7-10-17/h4-6,8-9,15,18H,3,7,11-13H2,1-2H3/t15-/m1/s1. The zero-order chi connectivity index (χ0) is 18.0. The van der Waals surface area contributed by atoms with Crippen molar-refractivity contribution in [1.29, 1.82) is 5.26 Å². The molecule has 1 N–H and O–H groups in total. The minimum Gasteiger partial charge on any atom is -0.466 e. The Kier molecular flexibility index (Phi) is 8.40. The summed E-state index contributed by atoms with van der Waals surface area (Å²) >= 11 is 0. The van der Waals surface area contributed by atoms with E-state index in [2.05, 4.69) is 4.72 Å². The first-order valence-electron chi connectivity index (χ1n) is 7.69. The van der Waals surface area contributed by atoms with Gasteiger partial charge in [0.1, 0.15) is 0 Å². The first kappa shape index (κ1) is 20.1. The average molecular weight is 353 g/mol. The van der Waals surface area contributed by atoms with Gasteiger partial charge in [0.25, 0.3) is 10.2 Å². The highest BCUT2D eigenvalue weighted by Crippen LogP contribution is 2.11. The van der Waals surface area contributed by atoms with Crippen molar-refractivity contribution in [1.82, 2.24) is 9.03 Å². The summed E-state index contributed by atoms with van der Waals surface area (Å²) in [4.78, 5) is 12.1. The highest BCUT2D eigenvalue weighted by atomic mass is 32.2. The molecule has 0 saturated heterocycles. The number of ether oxygens (including phenoxy) is 1. The van der Waals surface area contributed by atoms with Gasteiger partial charge in [-0.05, 0) is 18.9 Å². The average Bonchev–Trinajstić information content (AvgIpc) is 2.57. The Hall–Kier alpha value is -1.95. The van der Waals surface area contributed by atoms with Crippen LogP contribution in [0.15, 0.2) is 30.3 Å². The van der Waals surface area contributed by atoms with Crippen LogP contribution in [0.5, 0.6) is 0 Å². The van der Waals surface area contributed by atoms with E-state index in [1.807, 2.05) is 36.4 Å². The molecule has 1 rings (SSSR count). The zero-order valence-electron chi connectivity index (χ0n) is 13.9. The first-order valence-corrected chi connectivity index (χ1v) is 9.13. The third-order valence-electron chi connectivity index (χ3n) is 3.41. The molecule has 0 radical (unpaired) electrons. The van der Waals surface area contributed by atoms with E-state index in [1.165, 1.54) is 7.05 Å². The fraction of sp³-hybridized carbons (Fsp3) is 0.500. The number of nitriles is 1. The molecule has 7 nitrogen and oxygen atoms in total. The van der Waals surface area contributed by atoms with Crippen molar-refractivity contribution >= 4 is 16.2 Å². The number of hydrogen-bond donors (Lipinski definition) is 1. The van der Waals surface area contributed by atoms with E-state index >= 15 is 0 Å². The smallest absolute Gasteiger partial charge is 0.310 e. The molecule has 1 aromatic carbocycles. The molecule has 0 aromatic heterocycles. The Morgan fingerprint density at radius 2 is 2.04 bits per heavy atom. The molecule has 132 valence electrons. The number of nitrogens with one attached hydrogen (secondary N) is 1. The maximum Gasteiger partial charge on any atom is 0.310 e. The first-order chi connectivity index (χ1) is 11.4. The molecule has 0 aliphatic heterocycles. The highest BCUT2D eigenvalue weighted by Gasteiger charge is 2.24. The Labute approximate surface area is 143 Å². The van der Waals surface area contributed by atoms with Crippen LogP contribution in [0.4, 0.5) is 0 Å². The van der Waals surface area contributed by atoms with E-state index in [9.17, 15) is 13.2 Å². The lowest BCUT2D eigenvalue weighted by molar-refractivity contribution is -0.147. The maximum absolute atomic E-state index is 12.1. The van der Waals surface area contributed by atoms with Crippen molar-refractivity contribution in [2.45, 2.75) is 19.8 Å². The lowest BCUT2D eigenvalue weighted by Gasteiger charge is -2.20. The van der Waals surface area contributed by atoms with Crippen LogP contribution in [-0.2, 0) is 26.2 Å². The molecule has 0 aliphatic carbocycles. The second kappa shape index (κ2) is 10.0. The largest absolute Gasteiger partial charge is 0.466 e. The van der Waals surface area contributed by atoms with E-state index in [-0.39, 0.29) is 26.1 Å². The van der Waals surface area contributed by atoms with Gasteiger partial charge in [-0.1, -0.05) is 30.3 Å². The summed E-state index contributed by atoms with van der Waals surface area (Å²) < 4.78 is 32.8. The molecule has 24 heavy (non-hydrogen) atoms. The molecule has 0 spiro atoms. The number of esters is 1. The molecule has 0 bridgehead atoms. The lowest BCUT2D eigenvalue weighted by Crippen LogP contribution is -2.42. The van der Waals surface area contributed by atoms with Gasteiger partial charge in [0.15, 0.2) is 0 Å². The molecule has 0 saturated carbocycles. The summed E-state index contributed by atoms with van der Waals surface area (Å²) in [5.41, 5.74) is 0.924. The Morgan fingerprint density at radius 1 is 1.38 bits per heavy atom. The van der Waals surface area contributed by atoms with Crippen molar-refractivity contribution in [2.24, 2.45) is 5.92 Å². The van der Waals surface area contributed by atoms with Crippen LogP contribution in [0.2, 0.25) is 0 Å². The predicted molar refractivity (Wildman–Crippen MR) is 90.1 cm³/mol. The molecular weight excluding hydrogens is 330 g/mol. The Balaban J connectivity index is 2.74. The normalized spacial score (nSPS) is 12.6. The van der Waals surface area contributed by atoms with Crippen molar-refractivity contribution in [3.63, 3.8) is 0 Å². The van der Waals surface area contributed by atoms with Gasteiger partial charge in [0.05, 0.1) is 18.6 Å². The van der Waals surface area contributed by atoms with Gasteiger partial charge in [-0.15, -0.1) is 0 Å². The van der Waals surface area contributed by atoms with E-state index < -0.39 is 22.1 Å². The molecule has 0 unspecified atom stereocenters. The van der Waals surface area contributed by atoms with E-state index in [4.69, 9.17) is 10.00 Å².